The summed E-state index contributed by atoms with van der Waals surface area (Å²) in [5, 5.41) is 18.7. The van der Waals surface area contributed by atoms with Gasteiger partial charge < -0.3 is 14.6 Å². The van der Waals surface area contributed by atoms with Gasteiger partial charge in [-0.15, -0.1) is 0 Å². The lowest BCUT2D eigenvalue weighted by Crippen LogP contribution is -2.30. The molecule has 0 saturated carbocycles. The first-order chi connectivity index (χ1) is 7.91. The first-order valence-electron chi connectivity index (χ1n) is 5.46. The molecule has 90 valence electrons. The monoisotopic (exact) mass is 296 g/mol. The van der Waals surface area contributed by atoms with Gasteiger partial charge in [-0.25, -0.2) is 4.98 Å². The molecule has 6 heteroatoms. The summed E-state index contributed by atoms with van der Waals surface area (Å²) >= 11 is 3.38. The molecular weight excluding hydrogens is 283 g/mol. The second-order valence-corrected chi connectivity index (χ2v) is 5.27. The molecule has 17 heavy (non-hydrogen) atoms. The van der Waals surface area contributed by atoms with Gasteiger partial charge in [0, 0.05) is 16.0 Å². The van der Waals surface area contributed by atoms with Gasteiger partial charge in [0.25, 0.3) is 0 Å². The van der Waals surface area contributed by atoms with Crippen LogP contribution in [0.3, 0.4) is 0 Å². The van der Waals surface area contributed by atoms with Crippen molar-refractivity contribution in [3.05, 3.63) is 22.4 Å². The lowest BCUT2D eigenvalue weighted by Gasteiger charge is -2.11. The number of nitrogens with zero attached hydrogens (tertiary/aromatic N) is 2. The van der Waals surface area contributed by atoms with Crippen molar-refractivity contribution in [3.63, 3.8) is 0 Å². The van der Waals surface area contributed by atoms with Gasteiger partial charge in [-0.2, -0.15) is 0 Å². The maximum Gasteiger partial charge on any atom is 0.490 e. The molecule has 0 atom stereocenters. The SMILES string of the molecule is Cc1nc2c(B(O)O)cc(Br)cc2n1C(C)C. The van der Waals surface area contributed by atoms with E-state index in [1.165, 1.54) is 0 Å². The quantitative estimate of drug-likeness (QED) is 0.823. The highest BCUT2D eigenvalue weighted by atomic mass is 79.9. The summed E-state index contributed by atoms with van der Waals surface area (Å²) in [6, 6.07) is 3.91. The van der Waals surface area contributed by atoms with Crippen LogP contribution in [-0.2, 0) is 0 Å². The molecule has 0 spiro atoms. The Kier molecular flexibility index (Phi) is 3.29. The van der Waals surface area contributed by atoms with E-state index < -0.39 is 7.12 Å². The lowest BCUT2D eigenvalue weighted by atomic mass is 9.79. The van der Waals surface area contributed by atoms with E-state index in [4.69, 9.17) is 0 Å². The van der Waals surface area contributed by atoms with E-state index in [2.05, 4.69) is 39.3 Å². The third kappa shape index (κ3) is 2.12. The number of hydrogen-bond acceptors (Lipinski definition) is 3. The highest BCUT2D eigenvalue weighted by Crippen LogP contribution is 2.23. The summed E-state index contributed by atoms with van der Waals surface area (Å²) in [6.45, 7) is 6.07. The van der Waals surface area contributed by atoms with Gasteiger partial charge in [-0.3, -0.25) is 0 Å². The molecule has 0 aliphatic rings. The molecule has 0 amide bonds. The molecule has 2 aromatic rings. The Bertz CT molecular complexity index is 566. The summed E-state index contributed by atoms with van der Waals surface area (Å²) in [5.41, 5.74) is 1.99. The van der Waals surface area contributed by atoms with Crippen LogP contribution >= 0.6 is 15.9 Å². The molecule has 0 aliphatic carbocycles. The van der Waals surface area contributed by atoms with Crippen LogP contribution in [0.2, 0.25) is 0 Å². The molecule has 0 aliphatic heterocycles. The predicted octanol–water partition coefficient (Wildman–Crippen LogP) is 1.37. The molecule has 0 fully saturated rings. The number of benzene rings is 1. The smallest absolute Gasteiger partial charge is 0.423 e. The number of aryl methyl sites for hydroxylation is 1. The van der Waals surface area contributed by atoms with Crippen molar-refractivity contribution in [1.82, 2.24) is 9.55 Å². The fourth-order valence-corrected chi connectivity index (χ4v) is 2.61. The zero-order valence-electron chi connectivity index (χ0n) is 9.98. The van der Waals surface area contributed by atoms with Gasteiger partial charge in [-0.1, -0.05) is 15.9 Å². The Hall–Kier alpha value is -0.845. The van der Waals surface area contributed by atoms with Crippen LogP contribution in [-0.4, -0.2) is 26.7 Å². The van der Waals surface area contributed by atoms with Crippen LogP contribution in [0.4, 0.5) is 0 Å². The summed E-state index contributed by atoms with van der Waals surface area (Å²) in [4.78, 5) is 4.42. The van der Waals surface area contributed by atoms with Gasteiger partial charge in [-0.05, 0) is 32.9 Å². The molecule has 1 heterocycles. The van der Waals surface area contributed by atoms with E-state index in [9.17, 15) is 10.0 Å². The minimum atomic E-state index is -1.51. The minimum absolute atomic E-state index is 0.276. The Morgan fingerprint density at radius 1 is 1.35 bits per heavy atom. The Morgan fingerprint density at radius 3 is 2.53 bits per heavy atom. The molecule has 2 N–H and O–H groups in total. The number of halogens is 1. The van der Waals surface area contributed by atoms with Gasteiger partial charge in [0.15, 0.2) is 0 Å². The van der Waals surface area contributed by atoms with Crippen LogP contribution in [0.5, 0.6) is 0 Å². The molecule has 0 radical (unpaired) electrons. The van der Waals surface area contributed by atoms with Crippen molar-refractivity contribution in [1.29, 1.82) is 0 Å². The van der Waals surface area contributed by atoms with Crippen LogP contribution in [0, 0.1) is 6.92 Å². The third-order valence-electron chi connectivity index (χ3n) is 2.76. The van der Waals surface area contributed by atoms with Gasteiger partial charge in [0.2, 0.25) is 0 Å². The van der Waals surface area contributed by atoms with Crippen molar-refractivity contribution < 1.29 is 10.0 Å². The molecule has 0 bridgehead atoms. The van der Waals surface area contributed by atoms with Crippen LogP contribution in [0.15, 0.2) is 16.6 Å². The fourth-order valence-electron chi connectivity index (χ4n) is 2.15. The number of aromatic nitrogens is 2. The maximum atomic E-state index is 9.37. The average Bonchev–Trinajstić information content (AvgIpc) is 2.52. The molecule has 0 unspecified atom stereocenters. The molecular formula is C11H14BBrN2O2. The van der Waals surface area contributed by atoms with Crippen molar-refractivity contribution in [2.75, 3.05) is 0 Å². The number of rotatable bonds is 2. The Balaban J connectivity index is 2.84. The second-order valence-electron chi connectivity index (χ2n) is 4.36. The molecule has 4 nitrogen and oxygen atoms in total. The summed E-state index contributed by atoms with van der Waals surface area (Å²) in [7, 11) is -1.51. The molecule has 0 saturated heterocycles. The zero-order chi connectivity index (χ0) is 12.7. The van der Waals surface area contributed by atoms with Crippen molar-refractivity contribution in [3.8, 4) is 0 Å². The first kappa shape index (κ1) is 12.6. The number of imidazole rings is 1. The highest BCUT2D eigenvalue weighted by molar-refractivity contribution is 9.10. The Morgan fingerprint density at radius 2 is 2.00 bits per heavy atom. The summed E-state index contributed by atoms with van der Waals surface area (Å²) in [5.74, 6) is 0.870. The van der Waals surface area contributed by atoms with Crippen LogP contribution < -0.4 is 5.46 Å². The van der Waals surface area contributed by atoms with E-state index in [0.717, 1.165) is 15.8 Å². The van der Waals surface area contributed by atoms with Crippen LogP contribution in [0.25, 0.3) is 11.0 Å². The summed E-state index contributed by atoms with van der Waals surface area (Å²) < 4.78 is 2.89. The minimum Gasteiger partial charge on any atom is -0.423 e. The van der Waals surface area contributed by atoms with Crippen molar-refractivity contribution >= 4 is 39.5 Å². The third-order valence-corrected chi connectivity index (χ3v) is 3.22. The van der Waals surface area contributed by atoms with E-state index in [-0.39, 0.29) is 6.04 Å². The Labute approximate surface area is 109 Å². The standard InChI is InChI=1S/C11H14BBrN2O2/c1-6(2)15-7(3)14-11-9(12(16)17)4-8(13)5-10(11)15/h4-6,16-17H,1-3H3. The lowest BCUT2D eigenvalue weighted by molar-refractivity contribution is 0.426. The van der Waals surface area contributed by atoms with Crippen molar-refractivity contribution in [2.45, 2.75) is 26.8 Å². The molecule has 1 aromatic heterocycles. The normalized spacial score (nSPS) is 11.5. The first-order valence-corrected chi connectivity index (χ1v) is 6.25. The number of hydrogen-bond donors (Lipinski definition) is 2. The fraction of sp³-hybridized carbons (Fsp3) is 0.364. The van der Waals surface area contributed by atoms with E-state index in [1.807, 2.05) is 13.0 Å². The van der Waals surface area contributed by atoms with E-state index >= 15 is 0 Å². The zero-order valence-corrected chi connectivity index (χ0v) is 11.6. The second kappa shape index (κ2) is 4.44. The van der Waals surface area contributed by atoms with Gasteiger partial charge >= 0.3 is 7.12 Å². The average molecular weight is 297 g/mol. The van der Waals surface area contributed by atoms with Gasteiger partial charge in [0.1, 0.15) is 5.82 Å². The molecule has 1 aromatic carbocycles. The number of fused-ring (bicyclic) bond motifs is 1. The van der Waals surface area contributed by atoms with E-state index in [1.54, 1.807) is 6.07 Å². The summed E-state index contributed by atoms with van der Waals surface area (Å²) in [6.07, 6.45) is 0. The van der Waals surface area contributed by atoms with E-state index in [0.29, 0.717) is 11.0 Å². The largest absolute Gasteiger partial charge is 0.490 e. The maximum absolute atomic E-state index is 9.37. The van der Waals surface area contributed by atoms with Crippen molar-refractivity contribution in [2.24, 2.45) is 0 Å². The van der Waals surface area contributed by atoms with Crippen LogP contribution in [0.1, 0.15) is 25.7 Å². The van der Waals surface area contributed by atoms with Gasteiger partial charge in [0.05, 0.1) is 11.0 Å². The predicted molar refractivity (Wildman–Crippen MR) is 72.4 cm³/mol. The topological polar surface area (TPSA) is 58.3 Å². The highest BCUT2D eigenvalue weighted by Gasteiger charge is 2.20. The molecule has 2 rings (SSSR count).